The number of hydrogen-bond acceptors (Lipinski definition) is 3. The number of benzene rings is 1. The van der Waals surface area contributed by atoms with Crippen molar-refractivity contribution >= 4 is 22.4 Å². The highest BCUT2D eigenvalue weighted by Gasteiger charge is 2.31. The van der Waals surface area contributed by atoms with Gasteiger partial charge in [0.1, 0.15) is 0 Å². The van der Waals surface area contributed by atoms with Crippen LogP contribution in [0.4, 0.5) is 5.13 Å². The lowest BCUT2D eigenvalue weighted by molar-refractivity contribution is -0.117. The van der Waals surface area contributed by atoms with Crippen LogP contribution in [0.5, 0.6) is 0 Å². The first-order valence-corrected chi connectivity index (χ1v) is 8.45. The summed E-state index contributed by atoms with van der Waals surface area (Å²) in [4.78, 5) is 17.8. The zero-order valence-electron chi connectivity index (χ0n) is 11.8. The number of amides is 1. The number of nitrogens with zero attached hydrogens (tertiary/aromatic N) is 1. The van der Waals surface area contributed by atoms with Crippen molar-refractivity contribution in [2.75, 3.05) is 5.32 Å². The highest BCUT2D eigenvalue weighted by Crippen LogP contribution is 2.37. The van der Waals surface area contributed by atoms with Crippen molar-refractivity contribution in [2.24, 2.45) is 5.92 Å². The zero-order valence-corrected chi connectivity index (χ0v) is 12.7. The summed E-state index contributed by atoms with van der Waals surface area (Å²) in [7, 11) is 0. The van der Waals surface area contributed by atoms with Gasteiger partial charge in [0.15, 0.2) is 5.13 Å². The minimum atomic E-state index is 0.153. The first-order valence-electron chi connectivity index (χ1n) is 7.64. The molecule has 1 heterocycles. The second-order valence-corrected chi connectivity index (χ2v) is 7.09. The van der Waals surface area contributed by atoms with Crippen LogP contribution in [0, 0.1) is 5.92 Å². The van der Waals surface area contributed by atoms with Gasteiger partial charge in [-0.1, -0.05) is 30.3 Å². The maximum absolute atomic E-state index is 11.8. The van der Waals surface area contributed by atoms with E-state index in [9.17, 15) is 4.79 Å². The number of carbonyl (C=O) groups is 1. The maximum atomic E-state index is 11.8. The average Bonchev–Trinajstić information content (AvgIpc) is 3.28. The third-order valence-corrected chi connectivity index (χ3v) is 5.42. The number of fused-ring (bicyclic) bond motifs is 1. The fraction of sp³-hybridized carbons (Fsp3) is 0.412. The van der Waals surface area contributed by atoms with E-state index in [1.165, 1.54) is 16.1 Å². The van der Waals surface area contributed by atoms with E-state index in [2.05, 4.69) is 40.6 Å². The van der Waals surface area contributed by atoms with Crippen LogP contribution < -0.4 is 5.32 Å². The van der Waals surface area contributed by atoms with E-state index in [0.29, 0.717) is 5.92 Å². The standard InChI is InChI=1S/C17H18N2OS/c20-16(12-6-7-12)19-17-18-14-9-8-13(10-15(14)21-17)11-4-2-1-3-5-11/h1-5,12-13H,6-10H2,(H,18,19,20)/t13-/m1/s1. The molecular weight excluding hydrogens is 280 g/mol. The van der Waals surface area contributed by atoms with Crippen molar-refractivity contribution in [3.8, 4) is 0 Å². The van der Waals surface area contributed by atoms with Crippen LogP contribution >= 0.6 is 11.3 Å². The number of nitrogens with one attached hydrogen (secondary N) is 1. The van der Waals surface area contributed by atoms with Gasteiger partial charge in [-0.25, -0.2) is 4.98 Å². The minimum Gasteiger partial charge on any atom is -0.302 e. The summed E-state index contributed by atoms with van der Waals surface area (Å²) >= 11 is 1.66. The van der Waals surface area contributed by atoms with E-state index in [-0.39, 0.29) is 11.8 Å². The summed E-state index contributed by atoms with van der Waals surface area (Å²) in [5, 5.41) is 3.78. The second kappa shape index (κ2) is 5.26. The second-order valence-electron chi connectivity index (χ2n) is 6.00. The Hall–Kier alpha value is -1.68. The van der Waals surface area contributed by atoms with Gasteiger partial charge in [-0.2, -0.15) is 0 Å². The Morgan fingerprint density at radius 2 is 2.00 bits per heavy atom. The van der Waals surface area contributed by atoms with E-state index in [1.54, 1.807) is 11.3 Å². The monoisotopic (exact) mass is 298 g/mol. The lowest BCUT2D eigenvalue weighted by atomic mass is 9.85. The van der Waals surface area contributed by atoms with Crippen molar-refractivity contribution < 1.29 is 4.79 Å². The van der Waals surface area contributed by atoms with Gasteiger partial charge in [-0.05, 0) is 43.6 Å². The summed E-state index contributed by atoms with van der Waals surface area (Å²) in [5.41, 5.74) is 2.61. The lowest BCUT2D eigenvalue weighted by Gasteiger charge is -2.21. The fourth-order valence-electron chi connectivity index (χ4n) is 2.99. The SMILES string of the molecule is O=C(Nc1nc2c(s1)C[C@H](c1ccccc1)CC2)C1CC1. The normalized spacial score (nSPS) is 20.9. The molecule has 3 nitrogen and oxygen atoms in total. The van der Waals surface area contributed by atoms with Gasteiger partial charge in [-0.3, -0.25) is 4.79 Å². The molecule has 1 saturated carbocycles. The van der Waals surface area contributed by atoms with Gasteiger partial charge in [-0.15, -0.1) is 11.3 Å². The van der Waals surface area contributed by atoms with E-state index in [4.69, 9.17) is 0 Å². The molecule has 2 aliphatic carbocycles. The minimum absolute atomic E-state index is 0.153. The molecule has 1 aromatic heterocycles. The van der Waals surface area contributed by atoms with E-state index >= 15 is 0 Å². The van der Waals surface area contributed by atoms with Crippen LogP contribution in [0.15, 0.2) is 30.3 Å². The molecule has 0 bridgehead atoms. The summed E-state index contributed by atoms with van der Waals surface area (Å²) in [6.45, 7) is 0. The number of hydrogen-bond donors (Lipinski definition) is 1. The van der Waals surface area contributed by atoms with Crippen molar-refractivity contribution in [3.63, 3.8) is 0 Å². The lowest BCUT2D eigenvalue weighted by Crippen LogP contribution is -2.13. The third-order valence-electron chi connectivity index (χ3n) is 4.39. The molecule has 1 aromatic carbocycles. The van der Waals surface area contributed by atoms with E-state index in [0.717, 1.165) is 37.2 Å². The zero-order chi connectivity index (χ0) is 14.2. The predicted molar refractivity (Wildman–Crippen MR) is 84.7 cm³/mol. The fourth-order valence-corrected chi connectivity index (χ4v) is 4.08. The molecule has 108 valence electrons. The molecule has 0 unspecified atom stereocenters. The van der Waals surface area contributed by atoms with Crippen LogP contribution in [0.2, 0.25) is 0 Å². The van der Waals surface area contributed by atoms with Gasteiger partial charge in [0.05, 0.1) is 5.69 Å². The Morgan fingerprint density at radius 1 is 1.19 bits per heavy atom. The summed E-state index contributed by atoms with van der Waals surface area (Å²) in [6.07, 6.45) is 5.29. The molecule has 0 aliphatic heterocycles. The van der Waals surface area contributed by atoms with Gasteiger partial charge < -0.3 is 5.32 Å². The molecule has 1 fully saturated rings. The Morgan fingerprint density at radius 3 is 2.76 bits per heavy atom. The molecule has 4 heteroatoms. The molecule has 21 heavy (non-hydrogen) atoms. The molecule has 1 N–H and O–H groups in total. The summed E-state index contributed by atoms with van der Waals surface area (Å²) in [6, 6.07) is 10.7. The van der Waals surface area contributed by atoms with Gasteiger partial charge >= 0.3 is 0 Å². The Kier molecular flexibility index (Phi) is 3.26. The van der Waals surface area contributed by atoms with Gasteiger partial charge in [0.25, 0.3) is 0 Å². The van der Waals surface area contributed by atoms with Crippen molar-refractivity contribution in [3.05, 3.63) is 46.5 Å². The molecule has 2 aliphatic rings. The molecular formula is C17H18N2OS. The Bertz CT molecular complexity index is 661. The third kappa shape index (κ3) is 2.72. The Balaban J connectivity index is 1.50. The number of carbonyl (C=O) groups excluding carboxylic acids is 1. The summed E-state index contributed by atoms with van der Waals surface area (Å²) in [5.74, 6) is 0.981. The van der Waals surface area contributed by atoms with Crippen LogP contribution in [-0.4, -0.2) is 10.9 Å². The van der Waals surface area contributed by atoms with Crippen molar-refractivity contribution in [2.45, 2.75) is 38.0 Å². The first kappa shape index (κ1) is 13.0. The molecule has 2 aromatic rings. The van der Waals surface area contributed by atoms with Crippen molar-refractivity contribution in [1.29, 1.82) is 0 Å². The number of thiazole rings is 1. The number of aryl methyl sites for hydroxylation is 1. The molecule has 0 radical (unpaired) electrons. The van der Waals surface area contributed by atoms with E-state index in [1.807, 2.05) is 0 Å². The van der Waals surface area contributed by atoms with Crippen LogP contribution in [0.1, 0.15) is 41.3 Å². The van der Waals surface area contributed by atoms with Gasteiger partial charge in [0, 0.05) is 10.8 Å². The van der Waals surface area contributed by atoms with E-state index < -0.39 is 0 Å². The molecule has 4 rings (SSSR count). The molecule has 0 spiro atoms. The largest absolute Gasteiger partial charge is 0.302 e. The quantitative estimate of drug-likeness (QED) is 0.937. The van der Waals surface area contributed by atoms with Crippen LogP contribution in [0.3, 0.4) is 0 Å². The Labute approximate surface area is 128 Å². The highest BCUT2D eigenvalue weighted by molar-refractivity contribution is 7.15. The molecule has 1 atom stereocenters. The smallest absolute Gasteiger partial charge is 0.229 e. The molecule has 1 amide bonds. The summed E-state index contributed by atoms with van der Waals surface area (Å²) < 4.78 is 0. The first-order chi connectivity index (χ1) is 10.3. The average molecular weight is 298 g/mol. The van der Waals surface area contributed by atoms with Crippen LogP contribution in [-0.2, 0) is 17.6 Å². The maximum Gasteiger partial charge on any atom is 0.229 e. The van der Waals surface area contributed by atoms with Gasteiger partial charge in [0.2, 0.25) is 5.91 Å². The molecule has 0 saturated heterocycles. The van der Waals surface area contributed by atoms with Crippen molar-refractivity contribution in [1.82, 2.24) is 4.98 Å². The topological polar surface area (TPSA) is 42.0 Å². The van der Waals surface area contributed by atoms with Crippen LogP contribution in [0.25, 0.3) is 0 Å². The predicted octanol–water partition coefficient (Wildman–Crippen LogP) is 3.76. The highest BCUT2D eigenvalue weighted by atomic mass is 32.1. The number of rotatable bonds is 3. The number of aromatic nitrogens is 1. The number of anilines is 1.